The summed E-state index contributed by atoms with van der Waals surface area (Å²) in [5.41, 5.74) is 2.83. The topological polar surface area (TPSA) is 89.6 Å². The summed E-state index contributed by atoms with van der Waals surface area (Å²) >= 11 is 6.46. The van der Waals surface area contributed by atoms with Crippen LogP contribution in [-0.4, -0.2) is 31.9 Å². The van der Waals surface area contributed by atoms with Gasteiger partial charge in [-0.2, -0.15) is 0 Å². The van der Waals surface area contributed by atoms with Gasteiger partial charge < -0.3 is 9.84 Å². The van der Waals surface area contributed by atoms with Gasteiger partial charge in [-0.05, 0) is 57.5 Å². The third kappa shape index (κ3) is 5.24. The highest BCUT2D eigenvalue weighted by Gasteiger charge is 2.24. The first-order chi connectivity index (χ1) is 17.0. The van der Waals surface area contributed by atoms with Crippen LogP contribution in [-0.2, 0) is 12.2 Å². The molecule has 0 saturated carbocycles. The molecular weight excluding hydrogens is 483 g/mol. The van der Waals surface area contributed by atoms with E-state index in [1.54, 1.807) is 44.4 Å². The Bertz CT molecular complexity index is 1440. The fourth-order valence-electron chi connectivity index (χ4n) is 3.99. The fourth-order valence-corrected chi connectivity index (χ4v) is 4.18. The molecule has 36 heavy (non-hydrogen) atoms. The number of pyridine rings is 3. The number of halogens is 2. The molecule has 1 N–H and O–H groups in total. The lowest BCUT2D eigenvalue weighted by molar-refractivity contribution is 0.0738. The lowest BCUT2D eigenvalue weighted by Crippen LogP contribution is -2.29. The van der Waals surface area contributed by atoms with Gasteiger partial charge in [-0.25, -0.2) is 9.37 Å². The van der Waals surface area contributed by atoms with Crippen molar-refractivity contribution in [1.82, 2.24) is 14.5 Å². The highest BCUT2D eigenvalue weighted by molar-refractivity contribution is 6.31. The molecular formula is C27H28ClFN4O3. The first kappa shape index (κ1) is 25.7. The van der Waals surface area contributed by atoms with Crippen molar-refractivity contribution in [3.63, 3.8) is 0 Å². The van der Waals surface area contributed by atoms with Gasteiger partial charge in [-0.3, -0.25) is 19.3 Å². The van der Waals surface area contributed by atoms with Crippen LogP contribution in [0.1, 0.15) is 49.1 Å². The van der Waals surface area contributed by atoms with Crippen molar-refractivity contribution in [2.24, 2.45) is 10.9 Å². The lowest BCUT2D eigenvalue weighted by Gasteiger charge is -2.24. The second kappa shape index (κ2) is 9.95. The Labute approximate surface area is 214 Å². The summed E-state index contributed by atoms with van der Waals surface area (Å²) in [6, 6.07) is 8.48. The summed E-state index contributed by atoms with van der Waals surface area (Å²) in [6.07, 6.45) is 2.96. The van der Waals surface area contributed by atoms with E-state index >= 15 is 0 Å². The zero-order valence-corrected chi connectivity index (χ0v) is 21.6. The largest absolute Gasteiger partial charge is 0.485 e. The summed E-state index contributed by atoms with van der Waals surface area (Å²) in [5, 5.41) is 10.3. The normalized spacial score (nSPS) is 15.9. The van der Waals surface area contributed by atoms with Gasteiger partial charge in [0.05, 0.1) is 29.0 Å². The third-order valence-corrected chi connectivity index (χ3v) is 6.39. The van der Waals surface area contributed by atoms with Gasteiger partial charge >= 0.3 is 0 Å². The summed E-state index contributed by atoms with van der Waals surface area (Å²) in [5.74, 6) is -0.234. The maximum Gasteiger partial charge on any atom is 0.277 e. The molecule has 0 bridgehead atoms. The van der Waals surface area contributed by atoms with E-state index < -0.39 is 17.0 Å². The van der Waals surface area contributed by atoms with Gasteiger partial charge in [-0.15, -0.1) is 0 Å². The molecule has 188 valence electrons. The SMILES string of the molecule is Cc1cc(F)cnc1COc1cc(C)n(C2=CC(c3cccc(C(C)(C)O)n3)=NC[C@H]2C)c(=O)c1Cl. The van der Waals surface area contributed by atoms with E-state index in [4.69, 9.17) is 16.3 Å². The van der Waals surface area contributed by atoms with Crippen LogP contribution in [0.2, 0.25) is 5.02 Å². The zero-order chi connectivity index (χ0) is 26.2. The number of aryl methyl sites for hydroxylation is 2. The zero-order valence-electron chi connectivity index (χ0n) is 20.8. The molecule has 1 atom stereocenters. The minimum Gasteiger partial charge on any atom is -0.485 e. The summed E-state index contributed by atoms with van der Waals surface area (Å²) in [7, 11) is 0. The fraction of sp³-hybridized carbons (Fsp3) is 0.333. The van der Waals surface area contributed by atoms with Crippen molar-refractivity contribution in [3.8, 4) is 5.75 Å². The molecule has 9 heteroatoms. The number of aromatic nitrogens is 3. The number of hydrogen-bond donors (Lipinski definition) is 1. The second-order valence-electron chi connectivity index (χ2n) is 9.47. The van der Waals surface area contributed by atoms with Crippen LogP contribution in [0, 0.1) is 25.6 Å². The van der Waals surface area contributed by atoms with Crippen molar-refractivity contribution in [1.29, 1.82) is 0 Å². The number of rotatable bonds is 6. The highest BCUT2D eigenvalue weighted by atomic mass is 35.5. The monoisotopic (exact) mass is 510 g/mol. The maximum absolute atomic E-state index is 13.4. The van der Waals surface area contributed by atoms with Crippen LogP contribution in [0.4, 0.5) is 4.39 Å². The van der Waals surface area contributed by atoms with Gasteiger partial charge in [-0.1, -0.05) is 24.6 Å². The molecule has 0 radical (unpaired) electrons. The molecule has 0 unspecified atom stereocenters. The van der Waals surface area contributed by atoms with Crippen molar-refractivity contribution < 1.29 is 14.2 Å². The Hall–Kier alpha value is -3.36. The van der Waals surface area contributed by atoms with Crippen LogP contribution in [0.5, 0.6) is 5.75 Å². The van der Waals surface area contributed by atoms with E-state index in [0.29, 0.717) is 40.6 Å². The predicted molar refractivity (Wildman–Crippen MR) is 138 cm³/mol. The minimum atomic E-state index is -1.09. The van der Waals surface area contributed by atoms with Crippen LogP contribution >= 0.6 is 11.6 Å². The Kier molecular flexibility index (Phi) is 7.11. The molecule has 0 amide bonds. The van der Waals surface area contributed by atoms with Gasteiger partial charge in [0.1, 0.15) is 28.8 Å². The number of hydrogen-bond acceptors (Lipinski definition) is 6. The van der Waals surface area contributed by atoms with Gasteiger partial charge in [0.15, 0.2) is 0 Å². The Balaban J connectivity index is 1.68. The van der Waals surface area contributed by atoms with Crippen LogP contribution in [0.15, 0.2) is 52.4 Å². The highest BCUT2D eigenvalue weighted by Crippen LogP contribution is 2.29. The van der Waals surface area contributed by atoms with E-state index in [-0.39, 0.29) is 23.3 Å². The Morgan fingerprint density at radius 1 is 1.28 bits per heavy atom. The number of allylic oxidation sites excluding steroid dienone is 1. The third-order valence-electron chi connectivity index (χ3n) is 6.04. The van der Waals surface area contributed by atoms with Crippen molar-refractivity contribution in [3.05, 3.63) is 92.1 Å². The van der Waals surface area contributed by atoms with E-state index in [9.17, 15) is 14.3 Å². The smallest absolute Gasteiger partial charge is 0.277 e. The average molecular weight is 511 g/mol. The van der Waals surface area contributed by atoms with E-state index in [0.717, 1.165) is 11.9 Å². The molecule has 1 aliphatic rings. The molecule has 0 saturated heterocycles. The number of aliphatic hydroxyl groups is 1. The van der Waals surface area contributed by atoms with Gasteiger partial charge in [0.2, 0.25) is 0 Å². The molecule has 4 heterocycles. The maximum atomic E-state index is 13.4. The molecule has 0 fully saturated rings. The summed E-state index contributed by atoms with van der Waals surface area (Å²) in [4.78, 5) is 26.6. The average Bonchev–Trinajstić information content (AvgIpc) is 2.82. The minimum absolute atomic E-state index is 0.0449. The predicted octanol–water partition coefficient (Wildman–Crippen LogP) is 4.83. The van der Waals surface area contributed by atoms with Gasteiger partial charge in [0, 0.05) is 29.9 Å². The van der Waals surface area contributed by atoms with E-state index in [1.807, 2.05) is 25.1 Å². The van der Waals surface area contributed by atoms with Gasteiger partial charge in [0.25, 0.3) is 5.56 Å². The van der Waals surface area contributed by atoms with Crippen LogP contribution in [0.3, 0.4) is 0 Å². The van der Waals surface area contributed by atoms with Crippen molar-refractivity contribution in [2.75, 3.05) is 6.54 Å². The molecule has 4 rings (SSSR count). The Morgan fingerprint density at radius 3 is 2.72 bits per heavy atom. The molecule has 7 nitrogen and oxygen atoms in total. The molecule has 3 aromatic rings. The summed E-state index contributed by atoms with van der Waals surface area (Å²) < 4.78 is 20.7. The quantitative estimate of drug-likeness (QED) is 0.513. The number of nitrogens with zero attached hydrogens (tertiary/aromatic N) is 4. The number of ether oxygens (including phenoxy) is 1. The number of dihydropyridines is 1. The lowest BCUT2D eigenvalue weighted by atomic mass is 9.99. The van der Waals surface area contributed by atoms with Crippen molar-refractivity contribution >= 4 is 23.0 Å². The molecule has 1 aliphatic heterocycles. The van der Waals surface area contributed by atoms with E-state index in [2.05, 4.69) is 15.0 Å². The second-order valence-corrected chi connectivity index (χ2v) is 9.85. The molecule has 0 aromatic carbocycles. The standard InChI is InChI=1S/C27H28ClFN4O3/c1-15-9-18(29)13-31-21(15)14-36-23-10-17(3)33(26(34)25(23)28)22-11-20(30-12-16(22)2)19-7-6-8-24(32-19)27(4,5)35/h6-11,13,16,35H,12,14H2,1-5H3/t16-/m1/s1. The first-order valence-corrected chi connectivity index (χ1v) is 12.0. The van der Waals surface area contributed by atoms with Crippen LogP contribution in [0.25, 0.3) is 5.70 Å². The number of aliphatic imine (C=N–C) groups is 1. The van der Waals surface area contributed by atoms with Crippen LogP contribution < -0.4 is 10.3 Å². The summed E-state index contributed by atoms with van der Waals surface area (Å²) in [6.45, 7) is 9.39. The van der Waals surface area contributed by atoms with Crippen molar-refractivity contribution in [2.45, 2.75) is 46.8 Å². The first-order valence-electron chi connectivity index (χ1n) is 11.6. The molecule has 0 spiro atoms. The molecule has 3 aromatic heterocycles. The Morgan fingerprint density at radius 2 is 2.03 bits per heavy atom. The van der Waals surface area contributed by atoms with E-state index in [1.165, 1.54) is 6.07 Å². The molecule has 0 aliphatic carbocycles.